The number of carbonyl (C=O) groups is 2. The fraction of sp³-hybridized carbons (Fsp3) is 0.591. The van der Waals surface area contributed by atoms with Crippen LogP contribution in [-0.4, -0.2) is 46.7 Å². The van der Waals surface area contributed by atoms with Gasteiger partial charge in [0.1, 0.15) is 11.2 Å². The summed E-state index contributed by atoms with van der Waals surface area (Å²) in [7, 11) is 0. The molecular weight excluding hydrogens is 462 g/mol. The molecule has 1 saturated carbocycles. The van der Waals surface area contributed by atoms with E-state index < -0.39 is 11.7 Å². The van der Waals surface area contributed by atoms with E-state index in [9.17, 15) is 9.59 Å². The highest BCUT2D eigenvalue weighted by Crippen LogP contribution is 2.39. The van der Waals surface area contributed by atoms with Crippen molar-refractivity contribution in [3.05, 3.63) is 16.9 Å². The van der Waals surface area contributed by atoms with Gasteiger partial charge in [-0.1, -0.05) is 6.42 Å². The van der Waals surface area contributed by atoms with Crippen LogP contribution >= 0.6 is 15.9 Å². The monoisotopic (exact) mass is 491 g/mol. The summed E-state index contributed by atoms with van der Waals surface area (Å²) in [6, 6.07) is -0.0225. The number of anilines is 2. The number of piperidine rings is 1. The molecule has 3 N–H and O–H groups in total. The maximum atomic E-state index is 12.6. The van der Waals surface area contributed by atoms with Gasteiger partial charge < -0.3 is 25.3 Å². The maximum absolute atomic E-state index is 12.6. The van der Waals surface area contributed by atoms with Gasteiger partial charge in [0.05, 0.1) is 21.2 Å². The third-order valence-corrected chi connectivity index (χ3v) is 6.40. The van der Waals surface area contributed by atoms with Crippen LogP contribution in [0, 0.1) is 5.92 Å². The van der Waals surface area contributed by atoms with Crippen molar-refractivity contribution in [3.8, 4) is 0 Å². The van der Waals surface area contributed by atoms with Crippen molar-refractivity contribution in [1.82, 2.24) is 15.3 Å². The highest BCUT2D eigenvalue weighted by atomic mass is 79.9. The summed E-state index contributed by atoms with van der Waals surface area (Å²) in [5.41, 5.74) is 1.92. The minimum Gasteiger partial charge on any atom is -0.444 e. The van der Waals surface area contributed by atoms with Gasteiger partial charge in [0.2, 0.25) is 5.91 Å². The van der Waals surface area contributed by atoms with Gasteiger partial charge in [-0.3, -0.25) is 4.79 Å². The standard InChI is InChI=1S/C22H30BrN5O3/c1-22(2,3)31-21(30)26-14-8-5-9-28(12-14)18-15(23)10-24-19-17(18)16(11-25-19)27-20(29)13-6-4-7-13/h10-11,13-14H,4-9,12H2,1-3H3,(H,24,25)(H,26,30)(H,27,29). The fourth-order valence-electron chi connectivity index (χ4n) is 4.14. The Balaban J connectivity index is 1.56. The van der Waals surface area contributed by atoms with Crippen LogP contribution in [0.4, 0.5) is 16.2 Å². The van der Waals surface area contributed by atoms with E-state index in [-0.39, 0.29) is 17.9 Å². The van der Waals surface area contributed by atoms with Crippen LogP contribution in [0.15, 0.2) is 16.9 Å². The molecule has 2 aromatic rings. The van der Waals surface area contributed by atoms with Crippen LogP contribution in [0.3, 0.4) is 0 Å². The van der Waals surface area contributed by atoms with Gasteiger partial charge in [0.25, 0.3) is 0 Å². The van der Waals surface area contributed by atoms with Crippen molar-refractivity contribution in [1.29, 1.82) is 0 Å². The second-order valence-electron chi connectivity index (χ2n) is 9.43. The molecular formula is C22H30BrN5O3. The van der Waals surface area contributed by atoms with Gasteiger partial charge in [-0.05, 0) is 62.4 Å². The smallest absolute Gasteiger partial charge is 0.407 e. The zero-order chi connectivity index (χ0) is 22.2. The number of nitrogens with zero attached hydrogens (tertiary/aromatic N) is 2. The predicted octanol–water partition coefficient (Wildman–Crippen LogP) is 4.56. The minimum absolute atomic E-state index is 0.0225. The predicted molar refractivity (Wildman–Crippen MR) is 124 cm³/mol. The molecule has 4 rings (SSSR count). The molecule has 3 heterocycles. The van der Waals surface area contributed by atoms with Crippen molar-refractivity contribution in [2.75, 3.05) is 23.3 Å². The molecule has 2 aromatic heterocycles. The van der Waals surface area contributed by atoms with Gasteiger partial charge in [-0.2, -0.15) is 0 Å². The SMILES string of the molecule is CC(C)(C)OC(=O)NC1CCCN(c2c(Br)cnc3[nH]cc(NC(=O)C4CCC4)c23)C1. The summed E-state index contributed by atoms with van der Waals surface area (Å²) < 4.78 is 6.28. The van der Waals surface area contributed by atoms with E-state index in [1.54, 1.807) is 6.20 Å². The number of fused-ring (bicyclic) bond motifs is 1. The lowest BCUT2D eigenvalue weighted by molar-refractivity contribution is -0.122. The molecule has 1 aliphatic heterocycles. The van der Waals surface area contributed by atoms with Crippen LogP contribution in [0.1, 0.15) is 52.9 Å². The van der Waals surface area contributed by atoms with E-state index in [1.165, 1.54) is 0 Å². The molecule has 2 amide bonds. The zero-order valence-corrected chi connectivity index (χ0v) is 19.8. The highest BCUT2D eigenvalue weighted by molar-refractivity contribution is 9.10. The molecule has 0 radical (unpaired) electrons. The number of amides is 2. The number of nitrogens with one attached hydrogen (secondary N) is 3. The van der Waals surface area contributed by atoms with Crippen LogP contribution in [0.2, 0.25) is 0 Å². The van der Waals surface area contributed by atoms with Gasteiger partial charge in [0, 0.05) is 37.4 Å². The van der Waals surface area contributed by atoms with Gasteiger partial charge in [-0.25, -0.2) is 9.78 Å². The topological polar surface area (TPSA) is 99.3 Å². The first kappa shape index (κ1) is 21.9. The first-order valence-electron chi connectivity index (χ1n) is 10.9. The average molecular weight is 492 g/mol. The average Bonchev–Trinajstić information content (AvgIpc) is 3.01. The summed E-state index contributed by atoms with van der Waals surface area (Å²) in [6.45, 7) is 7.07. The third-order valence-electron chi connectivity index (χ3n) is 5.82. The number of halogens is 1. The van der Waals surface area contributed by atoms with Crippen molar-refractivity contribution in [2.45, 2.75) is 64.5 Å². The Labute approximate surface area is 190 Å². The van der Waals surface area contributed by atoms with E-state index in [4.69, 9.17) is 4.74 Å². The second kappa shape index (κ2) is 8.68. The Morgan fingerprint density at radius 1 is 1.26 bits per heavy atom. The Morgan fingerprint density at radius 2 is 2.03 bits per heavy atom. The van der Waals surface area contributed by atoms with Crippen LogP contribution < -0.4 is 15.5 Å². The van der Waals surface area contributed by atoms with Gasteiger partial charge in [0.15, 0.2) is 0 Å². The summed E-state index contributed by atoms with van der Waals surface area (Å²) in [6.07, 6.45) is 8.03. The number of alkyl carbamates (subject to hydrolysis) is 1. The van der Waals surface area contributed by atoms with E-state index in [0.717, 1.165) is 65.5 Å². The lowest BCUT2D eigenvalue weighted by Gasteiger charge is -2.36. The first-order chi connectivity index (χ1) is 14.7. The molecule has 9 heteroatoms. The number of carbonyl (C=O) groups excluding carboxylic acids is 2. The molecule has 1 atom stereocenters. The van der Waals surface area contributed by atoms with Crippen LogP contribution in [-0.2, 0) is 9.53 Å². The molecule has 31 heavy (non-hydrogen) atoms. The van der Waals surface area contributed by atoms with Crippen molar-refractivity contribution in [3.63, 3.8) is 0 Å². The number of hydrogen-bond donors (Lipinski definition) is 3. The van der Waals surface area contributed by atoms with E-state index >= 15 is 0 Å². The molecule has 0 spiro atoms. The Hall–Kier alpha value is -2.29. The lowest BCUT2D eigenvalue weighted by Crippen LogP contribution is -2.49. The fourth-order valence-corrected chi connectivity index (χ4v) is 4.69. The lowest BCUT2D eigenvalue weighted by atomic mass is 9.85. The molecule has 0 aromatic carbocycles. The molecule has 1 unspecified atom stereocenters. The number of aromatic amines is 1. The second-order valence-corrected chi connectivity index (χ2v) is 10.3. The molecule has 1 aliphatic carbocycles. The molecule has 1 saturated heterocycles. The molecule has 8 nitrogen and oxygen atoms in total. The molecule has 0 bridgehead atoms. The summed E-state index contributed by atoms with van der Waals surface area (Å²) in [5.74, 6) is 0.173. The van der Waals surface area contributed by atoms with E-state index in [1.807, 2.05) is 27.0 Å². The van der Waals surface area contributed by atoms with Crippen LogP contribution in [0.5, 0.6) is 0 Å². The summed E-state index contributed by atoms with van der Waals surface area (Å²) in [5, 5.41) is 6.99. The normalized spacial score (nSPS) is 19.7. The van der Waals surface area contributed by atoms with Crippen molar-refractivity contribution in [2.24, 2.45) is 5.92 Å². The Kier molecular flexibility index (Phi) is 6.14. The number of pyridine rings is 1. The first-order valence-corrected chi connectivity index (χ1v) is 11.7. The molecule has 2 aliphatic rings. The Bertz CT molecular complexity index is 979. The van der Waals surface area contributed by atoms with Crippen molar-refractivity contribution >= 4 is 50.3 Å². The van der Waals surface area contributed by atoms with Crippen LogP contribution in [0.25, 0.3) is 11.0 Å². The molecule has 2 fully saturated rings. The number of hydrogen-bond acceptors (Lipinski definition) is 5. The van der Waals surface area contributed by atoms with Gasteiger partial charge in [-0.15, -0.1) is 0 Å². The van der Waals surface area contributed by atoms with E-state index in [0.29, 0.717) is 6.54 Å². The maximum Gasteiger partial charge on any atom is 0.407 e. The third kappa shape index (κ3) is 4.97. The largest absolute Gasteiger partial charge is 0.444 e. The van der Waals surface area contributed by atoms with Crippen molar-refractivity contribution < 1.29 is 14.3 Å². The highest BCUT2D eigenvalue weighted by Gasteiger charge is 2.29. The Morgan fingerprint density at radius 3 is 2.71 bits per heavy atom. The molecule has 168 valence electrons. The minimum atomic E-state index is -0.530. The van der Waals surface area contributed by atoms with E-state index in [2.05, 4.69) is 41.4 Å². The number of rotatable bonds is 4. The number of H-pyrrole nitrogens is 1. The number of ether oxygens (including phenoxy) is 1. The quantitative estimate of drug-likeness (QED) is 0.582. The zero-order valence-electron chi connectivity index (χ0n) is 18.3. The number of aromatic nitrogens is 2. The summed E-state index contributed by atoms with van der Waals surface area (Å²) in [4.78, 5) is 34.7. The van der Waals surface area contributed by atoms with Gasteiger partial charge >= 0.3 is 6.09 Å². The summed E-state index contributed by atoms with van der Waals surface area (Å²) >= 11 is 3.66.